The molecule has 2 amide bonds. The van der Waals surface area contributed by atoms with Crippen LogP contribution in [-0.4, -0.2) is 55.5 Å². The molecular weight excluding hydrogens is 442 g/mol. The standard InChI is InChI=1S/C28H29N3O4/c1-3-35-28(34)24-13-14-26(31-17-15-30(16-18-31)20(2)32)25(19-24)29-27(33)23-11-9-22(10-12-23)21-7-5-4-6-8-21/h4-14,19H,3,15-18H2,1-2H3,(H,29,33). The van der Waals surface area contributed by atoms with Gasteiger partial charge in [0.15, 0.2) is 0 Å². The van der Waals surface area contributed by atoms with Gasteiger partial charge in [0.1, 0.15) is 0 Å². The van der Waals surface area contributed by atoms with Gasteiger partial charge in [-0.25, -0.2) is 4.79 Å². The van der Waals surface area contributed by atoms with Crippen molar-refractivity contribution in [2.45, 2.75) is 13.8 Å². The average molecular weight is 472 g/mol. The second kappa shape index (κ2) is 10.9. The van der Waals surface area contributed by atoms with Crippen LogP contribution in [0.1, 0.15) is 34.6 Å². The van der Waals surface area contributed by atoms with E-state index < -0.39 is 5.97 Å². The van der Waals surface area contributed by atoms with E-state index in [0.717, 1.165) is 16.8 Å². The Labute approximate surface area is 205 Å². The Hall–Kier alpha value is -4.13. The van der Waals surface area contributed by atoms with Gasteiger partial charge in [0.05, 0.1) is 23.5 Å². The van der Waals surface area contributed by atoms with Crippen molar-refractivity contribution >= 4 is 29.2 Å². The summed E-state index contributed by atoms with van der Waals surface area (Å²) >= 11 is 0. The molecule has 0 atom stereocenters. The third-order valence-electron chi connectivity index (χ3n) is 6.08. The number of nitrogens with zero attached hydrogens (tertiary/aromatic N) is 2. The van der Waals surface area contributed by atoms with E-state index in [9.17, 15) is 14.4 Å². The lowest BCUT2D eigenvalue weighted by atomic mass is 10.0. The number of piperazine rings is 1. The number of carbonyl (C=O) groups is 3. The molecule has 0 bridgehead atoms. The summed E-state index contributed by atoms with van der Waals surface area (Å²) in [5, 5.41) is 2.99. The molecule has 0 radical (unpaired) electrons. The Morgan fingerprint density at radius 1 is 0.829 bits per heavy atom. The summed E-state index contributed by atoms with van der Waals surface area (Å²) in [6, 6.07) is 22.6. The molecule has 3 aromatic rings. The third kappa shape index (κ3) is 5.69. The van der Waals surface area contributed by atoms with E-state index in [4.69, 9.17) is 4.74 Å². The van der Waals surface area contributed by atoms with Crippen molar-refractivity contribution in [3.8, 4) is 11.1 Å². The molecule has 3 aromatic carbocycles. The van der Waals surface area contributed by atoms with Crippen LogP contribution in [0.5, 0.6) is 0 Å². The molecule has 0 saturated carbocycles. The summed E-state index contributed by atoms with van der Waals surface area (Å²) in [5.74, 6) is -0.660. The molecule has 1 aliphatic heterocycles. The summed E-state index contributed by atoms with van der Waals surface area (Å²) in [5.41, 5.74) is 4.31. The number of hydrogen-bond donors (Lipinski definition) is 1. The minimum Gasteiger partial charge on any atom is -0.462 e. The maximum atomic E-state index is 13.1. The lowest BCUT2D eigenvalue weighted by molar-refractivity contribution is -0.129. The van der Waals surface area contributed by atoms with Gasteiger partial charge in [-0.2, -0.15) is 0 Å². The molecule has 35 heavy (non-hydrogen) atoms. The molecule has 0 aliphatic carbocycles. The molecule has 180 valence electrons. The van der Waals surface area contributed by atoms with E-state index in [1.807, 2.05) is 48.5 Å². The predicted octanol–water partition coefficient (Wildman–Crippen LogP) is 4.45. The van der Waals surface area contributed by atoms with Crippen LogP contribution in [0.2, 0.25) is 0 Å². The number of rotatable bonds is 6. The molecular formula is C28H29N3O4. The van der Waals surface area contributed by atoms with Crippen LogP contribution in [0.25, 0.3) is 11.1 Å². The number of carbonyl (C=O) groups excluding carboxylic acids is 3. The topological polar surface area (TPSA) is 79.0 Å². The van der Waals surface area contributed by atoms with E-state index in [-0.39, 0.29) is 18.4 Å². The smallest absolute Gasteiger partial charge is 0.338 e. The van der Waals surface area contributed by atoms with Crippen LogP contribution < -0.4 is 10.2 Å². The number of esters is 1. The molecule has 1 fully saturated rings. The summed E-state index contributed by atoms with van der Waals surface area (Å²) in [4.78, 5) is 41.1. The number of amides is 2. The quantitative estimate of drug-likeness (QED) is 0.538. The zero-order chi connectivity index (χ0) is 24.8. The number of ether oxygens (including phenoxy) is 1. The van der Waals surface area contributed by atoms with Gasteiger partial charge in [-0.1, -0.05) is 42.5 Å². The summed E-state index contributed by atoms with van der Waals surface area (Å²) in [6.45, 7) is 6.05. The monoisotopic (exact) mass is 471 g/mol. The average Bonchev–Trinajstić information content (AvgIpc) is 2.89. The van der Waals surface area contributed by atoms with Gasteiger partial charge in [0, 0.05) is 38.7 Å². The second-order valence-corrected chi connectivity index (χ2v) is 8.34. The van der Waals surface area contributed by atoms with Crippen molar-refractivity contribution in [2.75, 3.05) is 43.0 Å². The van der Waals surface area contributed by atoms with Crippen molar-refractivity contribution in [2.24, 2.45) is 0 Å². The van der Waals surface area contributed by atoms with Crippen LogP contribution in [0.15, 0.2) is 72.8 Å². The Morgan fingerprint density at radius 3 is 2.09 bits per heavy atom. The third-order valence-corrected chi connectivity index (χ3v) is 6.08. The highest BCUT2D eigenvalue weighted by Gasteiger charge is 2.22. The van der Waals surface area contributed by atoms with E-state index in [1.54, 1.807) is 43.0 Å². The molecule has 7 nitrogen and oxygen atoms in total. The van der Waals surface area contributed by atoms with Gasteiger partial charge in [0.2, 0.25) is 5.91 Å². The van der Waals surface area contributed by atoms with Crippen molar-refractivity contribution < 1.29 is 19.1 Å². The number of anilines is 2. The van der Waals surface area contributed by atoms with Gasteiger partial charge >= 0.3 is 5.97 Å². The van der Waals surface area contributed by atoms with Crippen LogP contribution in [0, 0.1) is 0 Å². The first-order valence-corrected chi connectivity index (χ1v) is 11.7. The molecule has 1 saturated heterocycles. The number of benzene rings is 3. The van der Waals surface area contributed by atoms with Gasteiger partial charge in [-0.3, -0.25) is 9.59 Å². The lowest BCUT2D eigenvalue weighted by Crippen LogP contribution is -2.48. The van der Waals surface area contributed by atoms with Crippen molar-refractivity contribution in [3.63, 3.8) is 0 Å². The molecule has 4 rings (SSSR count). The van der Waals surface area contributed by atoms with Crippen molar-refractivity contribution in [1.29, 1.82) is 0 Å². The Bertz CT molecular complexity index is 1200. The van der Waals surface area contributed by atoms with Gasteiger partial charge < -0.3 is 19.9 Å². The highest BCUT2D eigenvalue weighted by atomic mass is 16.5. The van der Waals surface area contributed by atoms with Gasteiger partial charge in [-0.15, -0.1) is 0 Å². The maximum Gasteiger partial charge on any atom is 0.338 e. The highest BCUT2D eigenvalue weighted by Crippen LogP contribution is 2.30. The van der Waals surface area contributed by atoms with E-state index in [2.05, 4.69) is 10.2 Å². The van der Waals surface area contributed by atoms with Crippen LogP contribution in [0.3, 0.4) is 0 Å². The molecule has 1 N–H and O–H groups in total. The van der Waals surface area contributed by atoms with Crippen LogP contribution in [-0.2, 0) is 9.53 Å². The summed E-state index contributed by atoms with van der Waals surface area (Å²) in [7, 11) is 0. The van der Waals surface area contributed by atoms with Crippen LogP contribution >= 0.6 is 0 Å². The van der Waals surface area contributed by atoms with Gasteiger partial charge in [0.25, 0.3) is 5.91 Å². The fourth-order valence-electron chi connectivity index (χ4n) is 4.15. The van der Waals surface area contributed by atoms with Crippen LogP contribution in [0.4, 0.5) is 11.4 Å². The second-order valence-electron chi connectivity index (χ2n) is 8.34. The van der Waals surface area contributed by atoms with E-state index in [1.165, 1.54) is 0 Å². The van der Waals surface area contributed by atoms with E-state index >= 15 is 0 Å². The number of hydrogen-bond acceptors (Lipinski definition) is 5. The minimum absolute atomic E-state index is 0.0507. The number of nitrogens with one attached hydrogen (secondary N) is 1. The molecule has 0 aromatic heterocycles. The molecule has 0 unspecified atom stereocenters. The molecule has 7 heteroatoms. The SMILES string of the molecule is CCOC(=O)c1ccc(N2CCN(C(C)=O)CC2)c(NC(=O)c2ccc(-c3ccccc3)cc2)c1. The molecule has 1 aliphatic rings. The lowest BCUT2D eigenvalue weighted by Gasteiger charge is -2.36. The first-order valence-electron chi connectivity index (χ1n) is 11.7. The predicted molar refractivity (Wildman–Crippen MR) is 137 cm³/mol. The summed E-state index contributed by atoms with van der Waals surface area (Å²) < 4.78 is 5.14. The highest BCUT2D eigenvalue weighted by molar-refractivity contribution is 6.07. The van der Waals surface area contributed by atoms with Crippen molar-refractivity contribution in [1.82, 2.24) is 4.90 Å². The summed E-state index contributed by atoms with van der Waals surface area (Å²) in [6.07, 6.45) is 0. The molecule has 1 heterocycles. The fraction of sp³-hybridized carbons (Fsp3) is 0.250. The first kappa shape index (κ1) is 24.0. The zero-order valence-electron chi connectivity index (χ0n) is 20.0. The maximum absolute atomic E-state index is 13.1. The van der Waals surface area contributed by atoms with E-state index in [0.29, 0.717) is 43.0 Å². The Balaban J connectivity index is 1.57. The normalized spacial score (nSPS) is 13.3. The largest absolute Gasteiger partial charge is 0.462 e. The minimum atomic E-state index is -0.442. The van der Waals surface area contributed by atoms with Gasteiger partial charge in [-0.05, 0) is 48.4 Å². The fourth-order valence-corrected chi connectivity index (χ4v) is 4.15. The zero-order valence-corrected chi connectivity index (χ0v) is 20.0. The Morgan fingerprint density at radius 2 is 1.46 bits per heavy atom. The molecule has 0 spiro atoms. The van der Waals surface area contributed by atoms with Crippen molar-refractivity contribution in [3.05, 3.63) is 83.9 Å². The first-order chi connectivity index (χ1) is 17.0. The Kier molecular flexibility index (Phi) is 7.45.